The van der Waals surface area contributed by atoms with Crippen LogP contribution < -0.4 is 5.01 Å². The summed E-state index contributed by atoms with van der Waals surface area (Å²) in [7, 11) is 0. The van der Waals surface area contributed by atoms with Crippen LogP contribution in [0.15, 0.2) is 23.3 Å². The van der Waals surface area contributed by atoms with E-state index in [0.29, 0.717) is 5.92 Å². The molecule has 2 nitrogen and oxygen atoms in total. The molecule has 0 bridgehead atoms. The molecule has 0 radical (unpaired) electrons. The molecular weight excluding hydrogens is 196 g/mol. The summed E-state index contributed by atoms with van der Waals surface area (Å²) < 4.78 is 0. The third kappa shape index (κ3) is 2.43. The minimum absolute atomic E-state index is 0.416. The molecular formula is C14H18N2. The molecule has 0 aliphatic carbocycles. The summed E-state index contributed by atoms with van der Waals surface area (Å²) in [4.78, 5) is 0. The number of rotatable bonds is 4. The molecule has 0 amide bonds. The summed E-state index contributed by atoms with van der Waals surface area (Å²) in [6, 6.07) is 6.01. The van der Waals surface area contributed by atoms with Gasteiger partial charge in [0.2, 0.25) is 0 Å². The number of nitrogens with zero attached hydrogens (tertiary/aromatic N) is 2. The fraction of sp³-hybridized carbons (Fsp3) is 0.357. The van der Waals surface area contributed by atoms with Gasteiger partial charge in [0.25, 0.3) is 0 Å². The molecule has 1 aromatic rings. The average Bonchev–Trinajstić information content (AvgIpc) is 2.30. The summed E-state index contributed by atoms with van der Waals surface area (Å²) in [6.45, 7) is 10.7. The summed E-state index contributed by atoms with van der Waals surface area (Å²) in [5, 5.41) is 5.89. The third-order valence-corrected chi connectivity index (χ3v) is 2.56. The number of benzene rings is 1. The van der Waals surface area contributed by atoms with Gasteiger partial charge in [-0.25, -0.2) is 0 Å². The van der Waals surface area contributed by atoms with E-state index < -0.39 is 0 Å². The van der Waals surface area contributed by atoms with Gasteiger partial charge in [-0.3, -0.25) is 5.01 Å². The van der Waals surface area contributed by atoms with Gasteiger partial charge >= 0.3 is 0 Å². The highest BCUT2D eigenvalue weighted by atomic mass is 15.4. The number of hydrogen-bond donors (Lipinski definition) is 0. The number of anilines is 1. The lowest BCUT2D eigenvalue weighted by atomic mass is 9.98. The highest BCUT2D eigenvalue weighted by Gasteiger charge is 2.11. The van der Waals surface area contributed by atoms with Gasteiger partial charge in [0.15, 0.2) is 0 Å². The number of hydrazone groups is 1. The van der Waals surface area contributed by atoms with Gasteiger partial charge in [-0.2, -0.15) is 5.10 Å². The van der Waals surface area contributed by atoms with Crippen molar-refractivity contribution in [1.29, 1.82) is 0 Å². The minimum Gasteiger partial charge on any atom is -0.266 e. The van der Waals surface area contributed by atoms with Crippen molar-refractivity contribution in [3.05, 3.63) is 29.3 Å². The quantitative estimate of drug-likeness (QED) is 0.427. The Hall–Kier alpha value is -1.75. The zero-order valence-corrected chi connectivity index (χ0v) is 10.2. The fourth-order valence-corrected chi connectivity index (χ4v) is 1.69. The van der Waals surface area contributed by atoms with E-state index >= 15 is 0 Å². The standard InChI is InChI=1S/C14H18N2/c1-6-12-8-9-14(16(7-2)15-5)13(10-12)11(3)4/h1,8-11H,5,7H2,2-4H3. The van der Waals surface area contributed by atoms with E-state index in [9.17, 15) is 0 Å². The maximum Gasteiger partial charge on any atom is 0.0628 e. The molecule has 0 aromatic heterocycles. The van der Waals surface area contributed by atoms with Crippen LogP contribution in [-0.2, 0) is 0 Å². The first-order valence-corrected chi connectivity index (χ1v) is 5.48. The molecule has 0 aliphatic heterocycles. The van der Waals surface area contributed by atoms with E-state index in [1.54, 1.807) is 0 Å². The van der Waals surface area contributed by atoms with Crippen LogP contribution >= 0.6 is 0 Å². The molecule has 1 aromatic carbocycles. The molecule has 2 heteroatoms. The Labute approximate surface area is 98.0 Å². The Morgan fingerprint density at radius 1 is 1.50 bits per heavy atom. The normalized spacial score (nSPS) is 9.94. The summed E-state index contributed by atoms with van der Waals surface area (Å²) in [5.41, 5.74) is 3.21. The van der Waals surface area contributed by atoms with Crippen LogP contribution in [0.2, 0.25) is 0 Å². The first-order chi connectivity index (χ1) is 7.63. The van der Waals surface area contributed by atoms with Crippen molar-refractivity contribution >= 4 is 12.4 Å². The summed E-state index contributed by atoms with van der Waals surface area (Å²) in [6.07, 6.45) is 5.41. The maximum absolute atomic E-state index is 5.41. The van der Waals surface area contributed by atoms with E-state index in [1.807, 2.05) is 30.1 Å². The van der Waals surface area contributed by atoms with Crippen LogP contribution in [0.1, 0.15) is 37.8 Å². The predicted molar refractivity (Wildman–Crippen MR) is 71.0 cm³/mol. The topological polar surface area (TPSA) is 15.6 Å². The van der Waals surface area contributed by atoms with Crippen LogP contribution in [0.25, 0.3) is 0 Å². The maximum atomic E-state index is 5.41. The molecule has 0 saturated carbocycles. The number of terminal acetylenes is 1. The van der Waals surface area contributed by atoms with Crippen LogP contribution in [0.4, 0.5) is 5.69 Å². The molecule has 0 fully saturated rings. The smallest absolute Gasteiger partial charge is 0.0628 e. The Balaban J connectivity index is 3.28. The zero-order chi connectivity index (χ0) is 12.1. The van der Waals surface area contributed by atoms with Crippen LogP contribution in [0.3, 0.4) is 0 Å². The SMILES string of the molecule is C#Cc1ccc(N(CC)N=C)c(C(C)C)c1. The van der Waals surface area contributed by atoms with Crippen LogP contribution in [0.5, 0.6) is 0 Å². The van der Waals surface area contributed by atoms with Crippen LogP contribution in [0, 0.1) is 12.3 Å². The first-order valence-electron chi connectivity index (χ1n) is 5.48. The van der Waals surface area contributed by atoms with E-state index in [4.69, 9.17) is 6.42 Å². The molecule has 1 rings (SSSR count). The van der Waals surface area contributed by atoms with Crippen molar-refractivity contribution in [2.75, 3.05) is 11.6 Å². The lowest BCUT2D eigenvalue weighted by Crippen LogP contribution is -2.16. The van der Waals surface area contributed by atoms with Crippen molar-refractivity contribution in [2.24, 2.45) is 5.10 Å². The van der Waals surface area contributed by atoms with E-state index in [2.05, 4.69) is 31.6 Å². The molecule has 0 N–H and O–H groups in total. The fourth-order valence-electron chi connectivity index (χ4n) is 1.69. The lowest BCUT2D eigenvalue weighted by Gasteiger charge is -2.22. The van der Waals surface area contributed by atoms with Crippen molar-refractivity contribution < 1.29 is 0 Å². The van der Waals surface area contributed by atoms with Gasteiger partial charge in [0.05, 0.1) is 5.69 Å². The van der Waals surface area contributed by atoms with E-state index in [0.717, 1.165) is 17.8 Å². The second kappa shape index (κ2) is 5.37. The lowest BCUT2D eigenvalue weighted by molar-refractivity contribution is 0.829. The Morgan fingerprint density at radius 3 is 2.62 bits per heavy atom. The summed E-state index contributed by atoms with van der Waals surface area (Å²) in [5.74, 6) is 3.08. The van der Waals surface area contributed by atoms with Crippen molar-refractivity contribution in [3.63, 3.8) is 0 Å². The zero-order valence-electron chi connectivity index (χ0n) is 10.2. The monoisotopic (exact) mass is 214 g/mol. The molecule has 0 atom stereocenters. The van der Waals surface area contributed by atoms with Gasteiger partial charge in [0, 0.05) is 18.8 Å². The molecule has 0 aliphatic rings. The second-order valence-electron chi connectivity index (χ2n) is 3.93. The first kappa shape index (κ1) is 12.3. The van der Waals surface area contributed by atoms with Gasteiger partial charge in [-0.05, 0) is 36.6 Å². The molecule has 0 saturated heterocycles. The molecule has 16 heavy (non-hydrogen) atoms. The largest absolute Gasteiger partial charge is 0.266 e. The van der Waals surface area contributed by atoms with Gasteiger partial charge < -0.3 is 0 Å². The molecule has 0 unspecified atom stereocenters. The van der Waals surface area contributed by atoms with Crippen LogP contribution in [-0.4, -0.2) is 13.3 Å². The molecule has 0 heterocycles. The van der Waals surface area contributed by atoms with Gasteiger partial charge in [-0.1, -0.05) is 19.8 Å². The minimum atomic E-state index is 0.416. The van der Waals surface area contributed by atoms with Crippen molar-refractivity contribution in [1.82, 2.24) is 0 Å². The van der Waals surface area contributed by atoms with Crippen molar-refractivity contribution in [2.45, 2.75) is 26.7 Å². The van der Waals surface area contributed by atoms with Gasteiger partial charge in [-0.15, -0.1) is 6.42 Å². The van der Waals surface area contributed by atoms with Crippen molar-refractivity contribution in [3.8, 4) is 12.3 Å². The highest BCUT2D eigenvalue weighted by molar-refractivity contribution is 5.58. The Kier molecular flexibility index (Phi) is 4.13. The van der Waals surface area contributed by atoms with Gasteiger partial charge in [0.1, 0.15) is 0 Å². The van der Waals surface area contributed by atoms with E-state index in [1.165, 1.54) is 5.56 Å². The molecule has 0 spiro atoms. The predicted octanol–water partition coefficient (Wildman–Crippen LogP) is 3.23. The Bertz CT molecular complexity index is 413. The second-order valence-corrected chi connectivity index (χ2v) is 3.93. The van der Waals surface area contributed by atoms with E-state index in [-0.39, 0.29) is 0 Å². The number of hydrogen-bond acceptors (Lipinski definition) is 2. The molecule has 84 valence electrons. The highest BCUT2D eigenvalue weighted by Crippen LogP contribution is 2.28. The Morgan fingerprint density at radius 2 is 2.19 bits per heavy atom. The third-order valence-electron chi connectivity index (χ3n) is 2.56. The summed E-state index contributed by atoms with van der Waals surface area (Å²) >= 11 is 0. The average molecular weight is 214 g/mol.